The molecule has 0 amide bonds. The Bertz CT molecular complexity index is 463. The van der Waals surface area contributed by atoms with Crippen molar-refractivity contribution in [1.82, 2.24) is 0 Å². The van der Waals surface area contributed by atoms with Crippen LogP contribution in [0.2, 0.25) is 0 Å². The average Bonchev–Trinajstić information content (AvgIpc) is 2.31. The molecule has 0 bridgehead atoms. The lowest BCUT2D eigenvalue weighted by molar-refractivity contribution is 1.46. The maximum Gasteiger partial charge on any atom is 0.0604 e. The van der Waals surface area contributed by atoms with Gasteiger partial charge in [0, 0.05) is 18.3 Å². The fourth-order valence-electron chi connectivity index (χ4n) is 1.70. The molecule has 75 valence electrons. The van der Waals surface area contributed by atoms with E-state index in [1.165, 1.54) is 21.9 Å². The molecule has 0 aromatic heterocycles. The van der Waals surface area contributed by atoms with Gasteiger partial charge < -0.3 is 0 Å². The van der Waals surface area contributed by atoms with Crippen LogP contribution in [0, 0.1) is 6.92 Å². The minimum absolute atomic E-state index is 0.830. The predicted octanol–water partition coefficient (Wildman–Crippen LogP) is 1.69. The Morgan fingerprint density at radius 1 is 0.938 bits per heavy atom. The second-order valence-electron chi connectivity index (χ2n) is 3.64. The monoisotopic (exact) mass is 251 g/mol. The van der Waals surface area contributed by atoms with Crippen LogP contribution in [-0.2, 0) is 0 Å². The molecule has 7 radical (unpaired) electrons. The summed E-state index contributed by atoms with van der Waals surface area (Å²) in [5.74, 6) is 0. The molecule has 0 aliphatic rings. The van der Waals surface area contributed by atoms with E-state index in [0.29, 0.717) is 0 Å². The first kappa shape index (κ1) is 11.6. The van der Waals surface area contributed by atoms with E-state index in [-0.39, 0.29) is 0 Å². The third-order valence-corrected chi connectivity index (χ3v) is 5.66. The third-order valence-electron chi connectivity index (χ3n) is 2.55. The van der Waals surface area contributed by atoms with Gasteiger partial charge in [-0.15, -0.1) is 0 Å². The van der Waals surface area contributed by atoms with Crippen molar-refractivity contribution in [3.63, 3.8) is 0 Å². The maximum atomic E-state index is 3.55. The second kappa shape index (κ2) is 5.43. The highest BCUT2D eigenvalue weighted by atomic mass is 29.5. The highest BCUT2D eigenvalue weighted by Crippen LogP contribution is 2.21. The molecular weight excluding hydrogens is 240 g/mol. The lowest BCUT2D eigenvalue weighted by Gasteiger charge is -2.06. The molecule has 2 aromatic rings. The molecule has 3 heteroatoms. The summed E-state index contributed by atoms with van der Waals surface area (Å²) in [6.07, 6.45) is 0. The summed E-state index contributed by atoms with van der Waals surface area (Å²) >= 11 is 0. The van der Waals surface area contributed by atoms with Gasteiger partial charge in [-0.1, -0.05) is 53.7 Å². The molecule has 16 heavy (non-hydrogen) atoms. The van der Waals surface area contributed by atoms with E-state index in [4.69, 9.17) is 0 Å². The molecule has 0 saturated heterocycles. The maximum absolute atomic E-state index is 3.55. The van der Waals surface area contributed by atoms with Crippen LogP contribution in [0.25, 0.3) is 11.1 Å². The van der Waals surface area contributed by atoms with Gasteiger partial charge >= 0.3 is 0 Å². The van der Waals surface area contributed by atoms with Crippen LogP contribution in [0.1, 0.15) is 5.56 Å². The standard InChI is InChI=1S/C13H11Si3/c1-10-4-2-3-5-13(10)11-6-8-12(9-7-11)15-16-14/h2-9H,1H3. The van der Waals surface area contributed by atoms with E-state index in [1.807, 2.05) is 0 Å². The Kier molecular flexibility index (Phi) is 3.93. The van der Waals surface area contributed by atoms with Crippen LogP contribution in [0.3, 0.4) is 0 Å². The second-order valence-corrected chi connectivity index (χ2v) is 8.47. The number of hydrogen-bond donors (Lipinski definition) is 0. The highest BCUT2D eigenvalue weighted by Gasteiger charge is 2.00. The molecule has 0 saturated carbocycles. The lowest BCUT2D eigenvalue weighted by atomic mass is 10.0. The van der Waals surface area contributed by atoms with E-state index >= 15 is 0 Å². The molecule has 0 heterocycles. The molecule has 0 nitrogen and oxygen atoms in total. The average molecular weight is 251 g/mol. The van der Waals surface area contributed by atoms with Gasteiger partial charge in [0.1, 0.15) is 0 Å². The molecule has 0 fully saturated rings. The SMILES string of the molecule is Cc1ccccc1-c1ccc([Si][Si][Si])cc1. The fraction of sp³-hybridized carbons (Fsp3) is 0.0769. The molecule has 0 atom stereocenters. The van der Waals surface area contributed by atoms with E-state index in [2.05, 4.69) is 65.2 Å². The van der Waals surface area contributed by atoms with Crippen molar-refractivity contribution in [3.8, 4) is 11.1 Å². The summed E-state index contributed by atoms with van der Waals surface area (Å²) in [6.45, 7) is 2.16. The zero-order chi connectivity index (χ0) is 11.4. The Morgan fingerprint density at radius 3 is 2.25 bits per heavy atom. The lowest BCUT2D eigenvalue weighted by Crippen LogP contribution is -2.20. The van der Waals surface area contributed by atoms with Crippen molar-refractivity contribution in [2.24, 2.45) is 0 Å². The van der Waals surface area contributed by atoms with Crippen LogP contribution in [0.5, 0.6) is 0 Å². The first-order valence-corrected chi connectivity index (χ1v) is 9.65. The highest BCUT2D eigenvalue weighted by molar-refractivity contribution is 7.27. The summed E-state index contributed by atoms with van der Waals surface area (Å²) in [7, 11) is 5.26. The van der Waals surface area contributed by atoms with Gasteiger partial charge in [-0.25, -0.2) is 0 Å². The minimum atomic E-state index is 0.830. The summed E-state index contributed by atoms with van der Waals surface area (Å²) < 4.78 is 0. The van der Waals surface area contributed by atoms with Gasteiger partial charge in [0.15, 0.2) is 0 Å². The van der Waals surface area contributed by atoms with Gasteiger partial charge in [-0.2, -0.15) is 0 Å². The van der Waals surface area contributed by atoms with Crippen molar-refractivity contribution in [2.75, 3.05) is 0 Å². The van der Waals surface area contributed by atoms with Crippen LogP contribution >= 0.6 is 0 Å². The summed E-state index contributed by atoms with van der Waals surface area (Å²) in [5.41, 5.74) is 3.97. The summed E-state index contributed by atoms with van der Waals surface area (Å²) in [6, 6.07) is 17.4. The smallest absolute Gasteiger partial charge is 0.0604 e. The molecule has 2 aromatic carbocycles. The minimum Gasteiger partial charge on any atom is -0.0681 e. The molecule has 0 unspecified atom stereocenters. The topological polar surface area (TPSA) is 0 Å². The zero-order valence-electron chi connectivity index (χ0n) is 9.12. The van der Waals surface area contributed by atoms with Crippen LogP contribution < -0.4 is 5.19 Å². The molecule has 0 aliphatic heterocycles. The molecular formula is C13H11Si3. The van der Waals surface area contributed by atoms with Gasteiger partial charge in [0.25, 0.3) is 0 Å². The van der Waals surface area contributed by atoms with E-state index in [1.54, 1.807) is 0 Å². The fourth-order valence-corrected chi connectivity index (χ4v) is 4.41. The zero-order valence-corrected chi connectivity index (χ0v) is 12.1. The van der Waals surface area contributed by atoms with E-state index in [9.17, 15) is 0 Å². The molecule has 2 rings (SSSR count). The largest absolute Gasteiger partial charge is 0.0681 e. The van der Waals surface area contributed by atoms with Gasteiger partial charge in [-0.05, 0) is 23.6 Å². The number of benzene rings is 2. The van der Waals surface area contributed by atoms with Crippen LogP contribution in [0.4, 0.5) is 0 Å². The van der Waals surface area contributed by atoms with Crippen molar-refractivity contribution >= 4 is 32.5 Å². The number of hydrogen-bond acceptors (Lipinski definition) is 0. The Morgan fingerprint density at radius 2 is 1.62 bits per heavy atom. The van der Waals surface area contributed by atoms with Crippen molar-refractivity contribution in [3.05, 3.63) is 54.1 Å². The Hall–Kier alpha value is -0.909. The van der Waals surface area contributed by atoms with Crippen molar-refractivity contribution in [2.45, 2.75) is 6.92 Å². The first-order valence-electron chi connectivity index (χ1n) is 5.15. The molecule has 0 N–H and O–H groups in total. The van der Waals surface area contributed by atoms with Crippen molar-refractivity contribution in [1.29, 1.82) is 0 Å². The Labute approximate surface area is 105 Å². The van der Waals surface area contributed by atoms with Crippen LogP contribution in [-0.4, -0.2) is 27.4 Å². The predicted molar refractivity (Wildman–Crippen MR) is 73.5 cm³/mol. The quantitative estimate of drug-likeness (QED) is 0.729. The first-order chi connectivity index (χ1) is 7.81. The van der Waals surface area contributed by atoms with E-state index in [0.717, 1.165) is 17.6 Å². The third kappa shape index (κ3) is 2.61. The summed E-state index contributed by atoms with van der Waals surface area (Å²) in [5, 5.41) is 1.42. The van der Waals surface area contributed by atoms with Gasteiger partial charge in [0.05, 0.1) is 9.04 Å². The van der Waals surface area contributed by atoms with Gasteiger partial charge in [0.2, 0.25) is 0 Å². The normalized spacial score (nSPS) is 10.4. The van der Waals surface area contributed by atoms with Gasteiger partial charge in [-0.3, -0.25) is 0 Å². The number of rotatable bonds is 3. The Balaban J connectivity index is 2.31. The van der Waals surface area contributed by atoms with Crippen molar-refractivity contribution < 1.29 is 0 Å². The summed E-state index contributed by atoms with van der Waals surface area (Å²) in [4.78, 5) is 0. The molecule has 0 spiro atoms. The van der Waals surface area contributed by atoms with E-state index < -0.39 is 0 Å². The van der Waals surface area contributed by atoms with Crippen LogP contribution in [0.15, 0.2) is 48.5 Å². The molecule has 0 aliphatic carbocycles. The number of aryl methyl sites for hydroxylation is 1.